The summed E-state index contributed by atoms with van der Waals surface area (Å²) < 4.78 is 10.0. The third kappa shape index (κ3) is 2.84. The van der Waals surface area contributed by atoms with E-state index in [9.17, 15) is 4.79 Å². The average molecular weight is 296 g/mol. The Hall–Kier alpha value is -2.29. The number of carbonyl (C=O) groups is 1. The van der Waals surface area contributed by atoms with Gasteiger partial charge >= 0.3 is 5.97 Å². The molecule has 3 heteroatoms. The van der Waals surface area contributed by atoms with Crippen LogP contribution < -0.4 is 4.74 Å². The lowest BCUT2D eigenvalue weighted by molar-refractivity contribution is 0.0600. The second kappa shape index (κ2) is 6.22. The molecule has 0 spiro atoms. The Morgan fingerprint density at radius 3 is 2.50 bits per heavy atom. The fourth-order valence-electron chi connectivity index (χ4n) is 3.16. The number of carbonyl (C=O) groups excluding carboxylic acids is 1. The van der Waals surface area contributed by atoms with Gasteiger partial charge in [-0.3, -0.25) is 0 Å². The number of ether oxygens (including phenoxy) is 2. The Bertz CT molecular complexity index is 674. The quantitative estimate of drug-likeness (QED) is 0.809. The van der Waals surface area contributed by atoms with Crippen molar-refractivity contribution >= 4 is 5.97 Å². The molecule has 0 aliphatic heterocycles. The summed E-state index contributed by atoms with van der Waals surface area (Å²) >= 11 is 0. The first kappa shape index (κ1) is 14.6. The smallest absolute Gasteiger partial charge is 0.337 e. The van der Waals surface area contributed by atoms with Gasteiger partial charge < -0.3 is 9.47 Å². The predicted molar refractivity (Wildman–Crippen MR) is 85.5 cm³/mol. The number of hydrogen-bond acceptors (Lipinski definition) is 3. The molecule has 1 aliphatic rings. The van der Waals surface area contributed by atoms with Gasteiger partial charge in [-0.2, -0.15) is 0 Å². The van der Waals surface area contributed by atoms with Crippen LogP contribution in [0.3, 0.4) is 0 Å². The minimum absolute atomic E-state index is 0.264. The van der Waals surface area contributed by atoms with E-state index < -0.39 is 0 Å². The van der Waals surface area contributed by atoms with E-state index in [0.29, 0.717) is 11.5 Å². The van der Waals surface area contributed by atoms with E-state index in [-0.39, 0.29) is 5.97 Å². The van der Waals surface area contributed by atoms with Crippen molar-refractivity contribution in [1.29, 1.82) is 0 Å². The van der Waals surface area contributed by atoms with Gasteiger partial charge in [0.2, 0.25) is 0 Å². The van der Waals surface area contributed by atoms with Crippen molar-refractivity contribution in [3.63, 3.8) is 0 Å². The van der Waals surface area contributed by atoms with E-state index >= 15 is 0 Å². The predicted octanol–water partition coefficient (Wildman–Crippen LogP) is 3.75. The molecule has 0 heterocycles. The Morgan fingerprint density at radius 1 is 1.05 bits per heavy atom. The van der Waals surface area contributed by atoms with Crippen molar-refractivity contribution in [1.82, 2.24) is 0 Å². The first-order valence-electron chi connectivity index (χ1n) is 7.55. The Kier molecular flexibility index (Phi) is 4.14. The molecular weight excluding hydrogens is 276 g/mol. The molecule has 0 fully saturated rings. The number of methoxy groups -OCH3 is 2. The van der Waals surface area contributed by atoms with E-state index in [1.807, 2.05) is 24.3 Å². The van der Waals surface area contributed by atoms with Crippen molar-refractivity contribution in [3.8, 4) is 5.75 Å². The van der Waals surface area contributed by atoms with Crippen molar-refractivity contribution in [2.75, 3.05) is 14.2 Å². The highest BCUT2D eigenvalue weighted by Crippen LogP contribution is 2.33. The van der Waals surface area contributed by atoms with Crippen molar-refractivity contribution in [3.05, 3.63) is 64.7 Å². The molecule has 0 bridgehead atoms. The third-order valence-corrected chi connectivity index (χ3v) is 4.44. The van der Waals surface area contributed by atoms with Crippen LogP contribution in [0.4, 0.5) is 0 Å². The lowest BCUT2D eigenvalue weighted by Gasteiger charge is -2.25. The molecule has 0 saturated carbocycles. The standard InChI is InChI=1S/C19H20O3/c1-21-18-9-7-13(8-10-18)14-3-4-16-12-17(19(20)22-2)6-5-15(16)11-14/h5-10,12,14H,3-4,11H2,1-2H3. The van der Waals surface area contributed by atoms with Crippen LogP contribution in [0.25, 0.3) is 0 Å². The fraction of sp³-hybridized carbons (Fsp3) is 0.316. The summed E-state index contributed by atoms with van der Waals surface area (Å²) in [5, 5.41) is 0. The van der Waals surface area contributed by atoms with Gasteiger partial charge in [-0.1, -0.05) is 18.2 Å². The molecular formula is C19H20O3. The van der Waals surface area contributed by atoms with Crippen LogP contribution in [0.15, 0.2) is 42.5 Å². The van der Waals surface area contributed by atoms with E-state index in [1.165, 1.54) is 23.8 Å². The molecule has 0 radical (unpaired) electrons. The second-order valence-electron chi connectivity index (χ2n) is 5.69. The van der Waals surface area contributed by atoms with Crippen LogP contribution in [-0.4, -0.2) is 20.2 Å². The maximum Gasteiger partial charge on any atom is 0.337 e. The van der Waals surface area contributed by atoms with E-state index in [0.717, 1.165) is 25.0 Å². The zero-order valence-electron chi connectivity index (χ0n) is 13.0. The van der Waals surface area contributed by atoms with Crippen LogP contribution in [0.1, 0.15) is 39.4 Å². The zero-order valence-corrected chi connectivity index (χ0v) is 13.0. The number of esters is 1. The second-order valence-corrected chi connectivity index (χ2v) is 5.69. The topological polar surface area (TPSA) is 35.5 Å². The SMILES string of the molecule is COC(=O)c1ccc2c(c1)CCC(c1ccc(OC)cc1)C2. The summed E-state index contributed by atoms with van der Waals surface area (Å²) in [6.07, 6.45) is 3.12. The normalized spacial score (nSPS) is 16.7. The highest BCUT2D eigenvalue weighted by molar-refractivity contribution is 5.89. The highest BCUT2D eigenvalue weighted by atomic mass is 16.5. The summed E-state index contributed by atoms with van der Waals surface area (Å²) in [7, 11) is 3.10. The number of rotatable bonds is 3. The molecule has 1 aliphatic carbocycles. The van der Waals surface area contributed by atoms with Crippen LogP contribution >= 0.6 is 0 Å². The summed E-state index contributed by atoms with van der Waals surface area (Å²) in [5.74, 6) is 1.16. The minimum Gasteiger partial charge on any atom is -0.497 e. The van der Waals surface area contributed by atoms with E-state index in [2.05, 4.69) is 18.2 Å². The van der Waals surface area contributed by atoms with Crippen molar-refractivity contribution in [2.24, 2.45) is 0 Å². The van der Waals surface area contributed by atoms with Gasteiger partial charge in [-0.05, 0) is 66.1 Å². The lowest BCUT2D eigenvalue weighted by Crippen LogP contribution is -2.14. The van der Waals surface area contributed by atoms with Gasteiger partial charge in [0, 0.05) is 0 Å². The molecule has 0 amide bonds. The Morgan fingerprint density at radius 2 is 1.82 bits per heavy atom. The van der Waals surface area contributed by atoms with Gasteiger partial charge in [0.1, 0.15) is 5.75 Å². The summed E-state index contributed by atoms with van der Waals surface area (Å²) in [6.45, 7) is 0. The molecule has 2 aromatic rings. The maximum absolute atomic E-state index is 11.6. The Balaban J connectivity index is 1.80. The van der Waals surface area contributed by atoms with Gasteiger partial charge in [0.05, 0.1) is 19.8 Å². The van der Waals surface area contributed by atoms with Crippen molar-refractivity contribution in [2.45, 2.75) is 25.2 Å². The Labute approximate surface area is 130 Å². The van der Waals surface area contributed by atoms with Crippen LogP contribution in [0, 0.1) is 0 Å². The van der Waals surface area contributed by atoms with E-state index in [4.69, 9.17) is 9.47 Å². The molecule has 0 saturated heterocycles. The highest BCUT2D eigenvalue weighted by Gasteiger charge is 2.21. The molecule has 3 nitrogen and oxygen atoms in total. The number of fused-ring (bicyclic) bond motifs is 1. The molecule has 2 aromatic carbocycles. The van der Waals surface area contributed by atoms with Gasteiger partial charge in [0.25, 0.3) is 0 Å². The average Bonchev–Trinajstić information content (AvgIpc) is 2.60. The zero-order chi connectivity index (χ0) is 15.5. The monoisotopic (exact) mass is 296 g/mol. The summed E-state index contributed by atoms with van der Waals surface area (Å²) in [4.78, 5) is 11.6. The largest absolute Gasteiger partial charge is 0.497 e. The number of aryl methyl sites for hydroxylation is 1. The molecule has 0 N–H and O–H groups in total. The van der Waals surface area contributed by atoms with Gasteiger partial charge in [-0.25, -0.2) is 4.79 Å². The number of benzene rings is 2. The van der Waals surface area contributed by atoms with Crippen LogP contribution in [-0.2, 0) is 17.6 Å². The van der Waals surface area contributed by atoms with Crippen LogP contribution in [0.5, 0.6) is 5.75 Å². The number of hydrogen-bond donors (Lipinski definition) is 0. The van der Waals surface area contributed by atoms with Crippen LogP contribution in [0.2, 0.25) is 0 Å². The van der Waals surface area contributed by atoms with Gasteiger partial charge in [-0.15, -0.1) is 0 Å². The van der Waals surface area contributed by atoms with Gasteiger partial charge in [0.15, 0.2) is 0 Å². The van der Waals surface area contributed by atoms with E-state index in [1.54, 1.807) is 7.11 Å². The maximum atomic E-state index is 11.6. The summed E-state index contributed by atoms with van der Waals surface area (Å²) in [6, 6.07) is 14.2. The third-order valence-electron chi connectivity index (χ3n) is 4.44. The first-order chi connectivity index (χ1) is 10.7. The lowest BCUT2D eigenvalue weighted by atomic mass is 9.80. The summed E-state index contributed by atoms with van der Waals surface area (Å²) in [5.41, 5.74) is 4.60. The molecule has 22 heavy (non-hydrogen) atoms. The molecule has 0 aromatic heterocycles. The minimum atomic E-state index is -0.264. The molecule has 1 atom stereocenters. The fourth-order valence-corrected chi connectivity index (χ4v) is 3.16. The molecule has 3 rings (SSSR count). The molecule has 1 unspecified atom stereocenters. The van der Waals surface area contributed by atoms with Crippen molar-refractivity contribution < 1.29 is 14.3 Å². The first-order valence-corrected chi connectivity index (χ1v) is 7.55. The molecule has 114 valence electrons.